The van der Waals surface area contributed by atoms with Gasteiger partial charge < -0.3 is 9.84 Å². The summed E-state index contributed by atoms with van der Waals surface area (Å²) < 4.78 is 46.0. The molecule has 3 rings (SSSR count). The molecule has 3 aromatic rings. The molecule has 0 atom stereocenters. The Kier molecular flexibility index (Phi) is 6.04. The van der Waals surface area contributed by atoms with Gasteiger partial charge in [-0.1, -0.05) is 13.0 Å². The molecule has 29 heavy (non-hydrogen) atoms. The molecular weight excluding hydrogens is 407 g/mol. The molecule has 3 heterocycles. The van der Waals surface area contributed by atoms with Gasteiger partial charge in [0, 0.05) is 10.9 Å². The first-order valence-electron chi connectivity index (χ1n) is 8.82. The zero-order chi connectivity index (χ0) is 21.2. The van der Waals surface area contributed by atoms with Crippen molar-refractivity contribution >= 4 is 17.3 Å². The number of carbonyl (C=O) groups excluding carboxylic acids is 1. The number of ether oxygens (including phenoxy) is 1. The number of hydrogen-bond donors (Lipinski definition) is 1. The Hall–Kier alpha value is -2.72. The summed E-state index contributed by atoms with van der Waals surface area (Å²) in [6, 6.07) is 4.84. The summed E-state index contributed by atoms with van der Waals surface area (Å²) in [4.78, 5) is 16.8. The Morgan fingerprint density at radius 1 is 1.31 bits per heavy atom. The van der Waals surface area contributed by atoms with Gasteiger partial charge in [0.1, 0.15) is 5.56 Å². The predicted molar refractivity (Wildman–Crippen MR) is 101 cm³/mol. The van der Waals surface area contributed by atoms with E-state index in [0.717, 1.165) is 16.7 Å². The Balaban J connectivity index is 2.06. The van der Waals surface area contributed by atoms with Crippen LogP contribution in [0, 0.1) is 0 Å². The molecule has 0 fully saturated rings. The van der Waals surface area contributed by atoms with Gasteiger partial charge in [-0.25, -0.2) is 14.5 Å². The van der Waals surface area contributed by atoms with Gasteiger partial charge >= 0.3 is 12.1 Å². The zero-order valence-corrected chi connectivity index (χ0v) is 16.5. The Morgan fingerprint density at radius 2 is 2.07 bits per heavy atom. The lowest BCUT2D eigenvalue weighted by Gasteiger charge is -2.10. The van der Waals surface area contributed by atoms with E-state index in [1.165, 1.54) is 10.9 Å². The van der Waals surface area contributed by atoms with Crippen molar-refractivity contribution in [1.82, 2.24) is 14.8 Å². The van der Waals surface area contributed by atoms with Gasteiger partial charge in [-0.05, 0) is 25.5 Å². The van der Waals surface area contributed by atoms with Gasteiger partial charge in [0.05, 0.1) is 41.2 Å². The molecule has 0 saturated heterocycles. The lowest BCUT2D eigenvalue weighted by atomic mass is 10.1. The van der Waals surface area contributed by atoms with E-state index in [1.54, 1.807) is 25.1 Å². The van der Waals surface area contributed by atoms with Crippen LogP contribution in [0.3, 0.4) is 0 Å². The Morgan fingerprint density at radius 3 is 2.69 bits per heavy atom. The third kappa shape index (κ3) is 4.03. The molecule has 0 aliphatic rings. The third-order valence-electron chi connectivity index (χ3n) is 4.24. The van der Waals surface area contributed by atoms with E-state index in [4.69, 9.17) is 4.74 Å². The first-order valence-corrected chi connectivity index (χ1v) is 9.69. The SMILES string of the molecule is CCOC(=O)c1cnn(-c2cccc(-c3scc(C(F)(F)F)c3CO)n2)c1CC. The number of aromatic nitrogens is 3. The van der Waals surface area contributed by atoms with Crippen molar-refractivity contribution < 1.29 is 27.8 Å². The van der Waals surface area contributed by atoms with Gasteiger partial charge in [-0.2, -0.15) is 18.3 Å². The van der Waals surface area contributed by atoms with Crippen LogP contribution >= 0.6 is 11.3 Å². The number of alkyl halides is 3. The molecule has 1 N–H and O–H groups in total. The van der Waals surface area contributed by atoms with E-state index in [0.29, 0.717) is 23.5 Å². The maximum absolute atomic E-state index is 13.2. The quantitative estimate of drug-likeness (QED) is 0.598. The van der Waals surface area contributed by atoms with E-state index in [2.05, 4.69) is 10.1 Å². The average molecular weight is 425 g/mol. The van der Waals surface area contributed by atoms with Gasteiger partial charge in [-0.15, -0.1) is 11.3 Å². The van der Waals surface area contributed by atoms with Crippen LogP contribution in [0.5, 0.6) is 0 Å². The molecule has 154 valence electrons. The second kappa shape index (κ2) is 8.34. The highest BCUT2D eigenvalue weighted by Gasteiger charge is 2.36. The maximum atomic E-state index is 13.2. The minimum absolute atomic E-state index is 0.212. The van der Waals surface area contributed by atoms with Crippen molar-refractivity contribution in [2.75, 3.05) is 6.61 Å². The van der Waals surface area contributed by atoms with E-state index in [-0.39, 0.29) is 22.7 Å². The van der Waals surface area contributed by atoms with Crippen molar-refractivity contribution in [3.05, 3.63) is 52.2 Å². The smallest absolute Gasteiger partial charge is 0.417 e. The minimum atomic E-state index is -4.56. The molecule has 3 aromatic heterocycles. The Labute approximate surface area is 168 Å². The molecule has 0 bridgehead atoms. The molecule has 0 aliphatic heterocycles. The van der Waals surface area contributed by atoms with E-state index in [9.17, 15) is 23.1 Å². The number of thiophene rings is 1. The zero-order valence-electron chi connectivity index (χ0n) is 15.7. The first kappa shape index (κ1) is 21.0. The van der Waals surface area contributed by atoms with Crippen LogP contribution in [-0.2, 0) is 23.9 Å². The summed E-state index contributed by atoms with van der Waals surface area (Å²) in [6.07, 6.45) is -2.70. The summed E-state index contributed by atoms with van der Waals surface area (Å²) >= 11 is 0.865. The standard InChI is InChI=1S/C19H18F3N3O3S/c1-3-15-11(18(27)28-4-2)8-23-25(15)16-7-5-6-14(24-16)17-12(9-26)13(10-29-17)19(20,21)22/h5-8,10,26H,3-4,9H2,1-2H3. The van der Waals surface area contributed by atoms with E-state index >= 15 is 0 Å². The van der Waals surface area contributed by atoms with Crippen LogP contribution in [-0.4, -0.2) is 32.4 Å². The highest BCUT2D eigenvalue weighted by atomic mass is 32.1. The van der Waals surface area contributed by atoms with Crippen molar-refractivity contribution in [3.8, 4) is 16.4 Å². The third-order valence-corrected chi connectivity index (χ3v) is 5.29. The highest BCUT2D eigenvalue weighted by Crippen LogP contribution is 2.40. The second-order valence-electron chi connectivity index (χ2n) is 5.98. The number of pyridine rings is 1. The minimum Gasteiger partial charge on any atom is -0.462 e. The van der Waals surface area contributed by atoms with Gasteiger partial charge in [0.2, 0.25) is 0 Å². The van der Waals surface area contributed by atoms with Crippen LogP contribution in [0.15, 0.2) is 29.8 Å². The lowest BCUT2D eigenvalue weighted by Crippen LogP contribution is -2.10. The summed E-state index contributed by atoms with van der Waals surface area (Å²) in [5.41, 5.74) is 0.0914. The molecule has 0 amide bonds. The van der Waals surface area contributed by atoms with Gasteiger partial charge in [-0.3, -0.25) is 0 Å². The normalized spacial score (nSPS) is 11.7. The number of esters is 1. The number of carbonyl (C=O) groups is 1. The molecule has 0 aromatic carbocycles. The molecular formula is C19H18F3N3O3S. The van der Waals surface area contributed by atoms with E-state index < -0.39 is 24.3 Å². The monoisotopic (exact) mass is 425 g/mol. The lowest BCUT2D eigenvalue weighted by molar-refractivity contribution is -0.138. The average Bonchev–Trinajstić information content (AvgIpc) is 3.32. The van der Waals surface area contributed by atoms with E-state index in [1.807, 2.05) is 6.92 Å². The number of aliphatic hydroxyl groups is 1. The number of rotatable bonds is 6. The Bertz CT molecular complexity index is 1030. The van der Waals surface area contributed by atoms with Crippen molar-refractivity contribution in [2.45, 2.75) is 33.1 Å². The van der Waals surface area contributed by atoms with Crippen LogP contribution in [0.4, 0.5) is 13.2 Å². The first-order chi connectivity index (χ1) is 13.8. The summed E-state index contributed by atoms with van der Waals surface area (Å²) in [5.74, 6) is -0.150. The molecule has 0 aliphatic carbocycles. The van der Waals surface area contributed by atoms with Crippen LogP contribution in [0.2, 0.25) is 0 Å². The van der Waals surface area contributed by atoms with Crippen LogP contribution in [0.25, 0.3) is 16.4 Å². The van der Waals surface area contributed by atoms with Gasteiger partial charge in [0.25, 0.3) is 0 Å². The fraction of sp³-hybridized carbons (Fsp3) is 0.316. The van der Waals surface area contributed by atoms with Crippen molar-refractivity contribution in [1.29, 1.82) is 0 Å². The number of aliphatic hydroxyl groups excluding tert-OH is 1. The van der Waals surface area contributed by atoms with Crippen molar-refractivity contribution in [2.24, 2.45) is 0 Å². The summed E-state index contributed by atoms with van der Waals surface area (Å²) in [6.45, 7) is 3.02. The molecule has 0 unspecified atom stereocenters. The molecule has 0 saturated carbocycles. The summed E-state index contributed by atoms with van der Waals surface area (Å²) in [7, 11) is 0. The fourth-order valence-corrected chi connectivity index (χ4v) is 4.01. The molecule has 0 spiro atoms. The van der Waals surface area contributed by atoms with Gasteiger partial charge in [0.15, 0.2) is 5.82 Å². The highest BCUT2D eigenvalue weighted by molar-refractivity contribution is 7.13. The fourth-order valence-electron chi connectivity index (χ4n) is 2.95. The number of hydrogen-bond acceptors (Lipinski definition) is 6. The molecule has 10 heteroatoms. The number of nitrogens with zero attached hydrogens (tertiary/aromatic N) is 3. The van der Waals surface area contributed by atoms with Crippen molar-refractivity contribution in [3.63, 3.8) is 0 Å². The summed E-state index contributed by atoms with van der Waals surface area (Å²) in [5, 5.41) is 14.7. The maximum Gasteiger partial charge on any atom is 0.417 e. The number of halogens is 3. The topological polar surface area (TPSA) is 77.2 Å². The largest absolute Gasteiger partial charge is 0.462 e. The molecule has 6 nitrogen and oxygen atoms in total. The predicted octanol–water partition coefficient (Wildman–Crippen LogP) is 4.25. The molecule has 0 radical (unpaired) electrons. The second-order valence-corrected chi connectivity index (χ2v) is 6.86. The van der Waals surface area contributed by atoms with Crippen LogP contribution in [0.1, 0.15) is 41.0 Å². The van der Waals surface area contributed by atoms with Crippen LogP contribution < -0.4 is 0 Å².